The summed E-state index contributed by atoms with van der Waals surface area (Å²) in [5, 5.41) is 3.20. The first-order valence-electron chi connectivity index (χ1n) is 9.38. The first-order chi connectivity index (χ1) is 12.7. The molecule has 1 aromatic carbocycles. The third-order valence-corrected chi connectivity index (χ3v) is 4.65. The van der Waals surface area contributed by atoms with Crippen LogP contribution >= 0.6 is 0 Å². The lowest BCUT2D eigenvalue weighted by atomic mass is 10.2. The first kappa shape index (κ1) is 18.9. The van der Waals surface area contributed by atoms with Crippen LogP contribution in [0.5, 0.6) is 0 Å². The summed E-state index contributed by atoms with van der Waals surface area (Å²) in [5.74, 6) is -0.193. The summed E-state index contributed by atoms with van der Waals surface area (Å²) >= 11 is 0. The van der Waals surface area contributed by atoms with Gasteiger partial charge >= 0.3 is 0 Å². The number of benzene rings is 1. The van der Waals surface area contributed by atoms with Gasteiger partial charge in [-0.2, -0.15) is 0 Å². The van der Waals surface area contributed by atoms with Crippen LogP contribution in [0.25, 0.3) is 0 Å². The second kappa shape index (κ2) is 9.69. The van der Waals surface area contributed by atoms with Gasteiger partial charge in [-0.05, 0) is 62.7 Å². The lowest BCUT2D eigenvalue weighted by molar-refractivity contribution is 0.333. The Hall–Kier alpha value is -1.92. The van der Waals surface area contributed by atoms with Crippen LogP contribution in [-0.4, -0.2) is 41.0 Å². The van der Waals surface area contributed by atoms with E-state index in [4.69, 9.17) is 0 Å². The predicted molar refractivity (Wildman–Crippen MR) is 97.8 cm³/mol. The number of nitrogens with one attached hydrogen (secondary N) is 1. The van der Waals surface area contributed by atoms with Gasteiger partial charge in [-0.1, -0.05) is 0 Å². The zero-order chi connectivity index (χ0) is 18.2. The molecule has 6 heteroatoms. The Bertz CT molecular complexity index is 682. The monoisotopic (exact) mass is 360 g/mol. The van der Waals surface area contributed by atoms with Crippen LogP contribution in [0, 0.1) is 11.6 Å². The number of nitrogens with zero attached hydrogens (tertiary/aromatic N) is 3. The second-order valence-electron chi connectivity index (χ2n) is 6.82. The molecule has 1 aliphatic rings. The van der Waals surface area contributed by atoms with E-state index in [1.807, 2.05) is 12.3 Å². The van der Waals surface area contributed by atoms with Gasteiger partial charge in [0, 0.05) is 43.9 Å². The molecule has 1 fully saturated rings. The standard InChI is InChI=1S/C20H26F2N4/c21-17-12-16(13-18(22)14-17)15-23-7-5-19-6-8-24-20(25-19)4-3-11-26-9-1-2-10-26/h6,8,12-14,23H,1-5,7,9-11,15H2. The van der Waals surface area contributed by atoms with Crippen molar-refractivity contribution in [1.82, 2.24) is 20.2 Å². The van der Waals surface area contributed by atoms with Gasteiger partial charge in [0.05, 0.1) is 0 Å². The summed E-state index contributed by atoms with van der Waals surface area (Å²) in [7, 11) is 0. The van der Waals surface area contributed by atoms with E-state index in [1.54, 1.807) is 0 Å². The SMILES string of the molecule is Fc1cc(F)cc(CNCCc2ccnc(CCCN3CCCC3)n2)c1. The summed E-state index contributed by atoms with van der Waals surface area (Å²) < 4.78 is 26.3. The lowest BCUT2D eigenvalue weighted by Crippen LogP contribution is -2.21. The highest BCUT2D eigenvalue weighted by atomic mass is 19.1. The molecular weight excluding hydrogens is 334 g/mol. The smallest absolute Gasteiger partial charge is 0.128 e. The molecule has 0 unspecified atom stereocenters. The normalized spacial score (nSPS) is 14.8. The van der Waals surface area contributed by atoms with E-state index in [0.29, 0.717) is 18.7 Å². The molecule has 4 nitrogen and oxygen atoms in total. The fourth-order valence-electron chi connectivity index (χ4n) is 3.33. The molecule has 0 radical (unpaired) electrons. The van der Waals surface area contributed by atoms with E-state index in [1.165, 1.54) is 38.1 Å². The van der Waals surface area contributed by atoms with Gasteiger partial charge in [-0.25, -0.2) is 18.7 Å². The molecular formula is C20H26F2N4. The van der Waals surface area contributed by atoms with Crippen molar-refractivity contribution < 1.29 is 8.78 Å². The second-order valence-corrected chi connectivity index (χ2v) is 6.82. The van der Waals surface area contributed by atoms with Gasteiger partial charge in [0.25, 0.3) is 0 Å². The average molecular weight is 360 g/mol. The topological polar surface area (TPSA) is 41.1 Å². The van der Waals surface area contributed by atoms with E-state index in [0.717, 1.165) is 43.4 Å². The molecule has 26 heavy (non-hydrogen) atoms. The number of hydrogen-bond donors (Lipinski definition) is 1. The van der Waals surface area contributed by atoms with Crippen molar-refractivity contribution in [1.29, 1.82) is 0 Å². The quantitative estimate of drug-likeness (QED) is 0.698. The highest BCUT2D eigenvalue weighted by molar-refractivity contribution is 5.17. The van der Waals surface area contributed by atoms with Crippen LogP contribution in [0.4, 0.5) is 8.78 Å². The molecule has 2 aromatic rings. The Labute approximate surface area is 153 Å². The van der Waals surface area contributed by atoms with Crippen molar-refractivity contribution >= 4 is 0 Å². The van der Waals surface area contributed by atoms with Crippen LogP contribution in [0.3, 0.4) is 0 Å². The molecule has 0 spiro atoms. The number of aromatic nitrogens is 2. The van der Waals surface area contributed by atoms with Gasteiger partial charge in [0.15, 0.2) is 0 Å². The van der Waals surface area contributed by atoms with Crippen molar-refractivity contribution in [3.05, 3.63) is 59.2 Å². The van der Waals surface area contributed by atoms with Crippen molar-refractivity contribution in [2.75, 3.05) is 26.2 Å². The number of rotatable bonds is 9. The number of halogens is 2. The highest BCUT2D eigenvalue weighted by Gasteiger charge is 2.10. The van der Waals surface area contributed by atoms with Gasteiger partial charge in [0.1, 0.15) is 17.5 Å². The maximum Gasteiger partial charge on any atom is 0.128 e. The fraction of sp³-hybridized carbons (Fsp3) is 0.500. The molecule has 0 amide bonds. The maximum absolute atomic E-state index is 13.2. The van der Waals surface area contributed by atoms with Gasteiger partial charge < -0.3 is 10.2 Å². The minimum atomic E-state index is -0.545. The van der Waals surface area contributed by atoms with Crippen molar-refractivity contribution in [3.63, 3.8) is 0 Å². The number of hydrogen-bond acceptors (Lipinski definition) is 4. The average Bonchev–Trinajstić information content (AvgIpc) is 3.12. The van der Waals surface area contributed by atoms with Crippen LogP contribution in [-0.2, 0) is 19.4 Å². The lowest BCUT2D eigenvalue weighted by Gasteiger charge is -2.13. The minimum Gasteiger partial charge on any atom is -0.312 e. The maximum atomic E-state index is 13.2. The molecule has 3 rings (SSSR count). The molecule has 0 atom stereocenters. The summed E-state index contributed by atoms with van der Waals surface area (Å²) in [5.41, 5.74) is 1.60. The molecule has 2 heterocycles. The molecule has 0 saturated carbocycles. The van der Waals surface area contributed by atoms with E-state index >= 15 is 0 Å². The Morgan fingerprint density at radius 1 is 1.04 bits per heavy atom. The number of likely N-dealkylation sites (tertiary alicyclic amines) is 1. The van der Waals surface area contributed by atoms with Gasteiger partial charge in [-0.3, -0.25) is 0 Å². The van der Waals surface area contributed by atoms with Crippen LogP contribution in [0.15, 0.2) is 30.5 Å². The summed E-state index contributed by atoms with van der Waals surface area (Å²) in [6, 6.07) is 5.50. The van der Waals surface area contributed by atoms with Crippen molar-refractivity contribution in [3.8, 4) is 0 Å². The van der Waals surface area contributed by atoms with Crippen LogP contribution < -0.4 is 5.32 Å². The van der Waals surface area contributed by atoms with Gasteiger partial charge in [-0.15, -0.1) is 0 Å². The van der Waals surface area contributed by atoms with E-state index in [-0.39, 0.29) is 0 Å². The third-order valence-electron chi connectivity index (χ3n) is 4.65. The molecule has 1 aromatic heterocycles. The zero-order valence-corrected chi connectivity index (χ0v) is 15.1. The third kappa shape index (κ3) is 6.11. The summed E-state index contributed by atoms with van der Waals surface area (Å²) in [4.78, 5) is 11.5. The minimum absolute atomic E-state index is 0.433. The first-order valence-corrected chi connectivity index (χ1v) is 9.38. The van der Waals surface area contributed by atoms with Crippen molar-refractivity contribution in [2.45, 2.75) is 38.6 Å². The van der Waals surface area contributed by atoms with Crippen molar-refractivity contribution in [2.24, 2.45) is 0 Å². The Morgan fingerprint density at radius 2 is 1.81 bits per heavy atom. The van der Waals surface area contributed by atoms with E-state index < -0.39 is 11.6 Å². The Balaban J connectivity index is 1.39. The molecule has 1 N–H and O–H groups in total. The molecule has 1 aliphatic heterocycles. The predicted octanol–water partition coefficient (Wildman–Crippen LogP) is 3.12. The zero-order valence-electron chi connectivity index (χ0n) is 15.1. The van der Waals surface area contributed by atoms with Crippen LogP contribution in [0.2, 0.25) is 0 Å². The molecule has 0 aliphatic carbocycles. The van der Waals surface area contributed by atoms with E-state index in [9.17, 15) is 8.78 Å². The summed E-state index contributed by atoms with van der Waals surface area (Å²) in [6.07, 6.45) is 7.21. The van der Waals surface area contributed by atoms with E-state index in [2.05, 4.69) is 20.2 Å². The molecule has 0 bridgehead atoms. The van der Waals surface area contributed by atoms with Gasteiger partial charge in [0.2, 0.25) is 0 Å². The Morgan fingerprint density at radius 3 is 2.58 bits per heavy atom. The van der Waals surface area contributed by atoms with Crippen LogP contribution in [0.1, 0.15) is 36.3 Å². The fourth-order valence-corrected chi connectivity index (χ4v) is 3.33. The summed E-state index contributed by atoms with van der Waals surface area (Å²) in [6.45, 7) is 4.70. The largest absolute Gasteiger partial charge is 0.312 e. The molecule has 140 valence electrons. The molecule has 1 saturated heterocycles. The Kier molecular flexibility index (Phi) is 7.03. The highest BCUT2D eigenvalue weighted by Crippen LogP contribution is 2.09. The number of aryl methyl sites for hydroxylation is 1.